The zero-order valence-electron chi connectivity index (χ0n) is 9.67. The second-order valence-corrected chi connectivity index (χ2v) is 5.20. The first-order valence-electron chi connectivity index (χ1n) is 5.94. The third kappa shape index (κ3) is 2.69. The maximum absolute atomic E-state index is 6.01. The van der Waals surface area contributed by atoms with Crippen molar-refractivity contribution < 1.29 is 0 Å². The Bertz CT molecular complexity index is 365. The Morgan fingerprint density at radius 2 is 2.25 bits per heavy atom. The standard InChI is InChI=1S/C13H19ClN2/c1-9-2-5-12(6-9)16-13-7-11(14)4-3-10(13)8-15/h3-4,7,9,12,16H,2,5-6,8,15H2,1H3. The first-order chi connectivity index (χ1) is 7.69. The van der Waals surface area contributed by atoms with Gasteiger partial charge in [0, 0.05) is 23.3 Å². The zero-order valence-corrected chi connectivity index (χ0v) is 10.4. The van der Waals surface area contributed by atoms with Gasteiger partial charge in [-0.2, -0.15) is 0 Å². The molecule has 1 aliphatic carbocycles. The molecule has 2 rings (SSSR count). The first kappa shape index (κ1) is 11.7. The van der Waals surface area contributed by atoms with Crippen molar-refractivity contribution in [3.05, 3.63) is 28.8 Å². The van der Waals surface area contributed by atoms with Gasteiger partial charge in [0.15, 0.2) is 0 Å². The van der Waals surface area contributed by atoms with E-state index in [1.807, 2.05) is 18.2 Å². The topological polar surface area (TPSA) is 38.0 Å². The van der Waals surface area contributed by atoms with E-state index in [9.17, 15) is 0 Å². The molecule has 1 aliphatic rings. The smallest absolute Gasteiger partial charge is 0.0426 e. The molecule has 1 aromatic carbocycles. The maximum atomic E-state index is 6.01. The number of anilines is 1. The van der Waals surface area contributed by atoms with Gasteiger partial charge in [0.2, 0.25) is 0 Å². The molecule has 0 spiro atoms. The van der Waals surface area contributed by atoms with Crippen LogP contribution in [0.5, 0.6) is 0 Å². The minimum absolute atomic E-state index is 0.557. The summed E-state index contributed by atoms with van der Waals surface area (Å²) in [6.07, 6.45) is 3.81. The molecular formula is C13H19ClN2. The van der Waals surface area contributed by atoms with E-state index in [1.54, 1.807) is 0 Å². The lowest BCUT2D eigenvalue weighted by Crippen LogP contribution is -2.17. The summed E-state index contributed by atoms with van der Waals surface area (Å²) in [4.78, 5) is 0. The van der Waals surface area contributed by atoms with Crippen molar-refractivity contribution in [1.82, 2.24) is 0 Å². The number of nitrogens with one attached hydrogen (secondary N) is 1. The Hall–Kier alpha value is -0.730. The van der Waals surface area contributed by atoms with E-state index in [4.69, 9.17) is 17.3 Å². The van der Waals surface area contributed by atoms with Crippen molar-refractivity contribution in [3.63, 3.8) is 0 Å². The molecule has 2 atom stereocenters. The summed E-state index contributed by atoms with van der Waals surface area (Å²) in [7, 11) is 0. The van der Waals surface area contributed by atoms with Gasteiger partial charge in [0.05, 0.1) is 0 Å². The molecule has 3 N–H and O–H groups in total. The molecule has 0 bridgehead atoms. The monoisotopic (exact) mass is 238 g/mol. The number of benzene rings is 1. The van der Waals surface area contributed by atoms with Gasteiger partial charge in [-0.05, 0) is 42.9 Å². The van der Waals surface area contributed by atoms with Crippen LogP contribution >= 0.6 is 11.6 Å². The van der Waals surface area contributed by atoms with E-state index < -0.39 is 0 Å². The lowest BCUT2D eigenvalue weighted by atomic mass is 10.1. The lowest BCUT2D eigenvalue weighted by Gasteiger charge is -2.17. The SMILES string of the molecule is CC1CCC(Nc2cc(Cl)ccc2CN)C1. The van der Waals surface area contributed by atoms with E-state index in [-0.39, 0.29) is 0 Å². The molecule has 2 unspecified atom stereocenters. The maximum Gasteiger partial charge on any atom is 0.0426 e. The summed E-state index contributed by atoms with van der Waals surface area (Å²) < 4.78 is 0. The molecule has 88 valence electrons. The summed E-state index contributed by atoms with van der Waals surface area (Å²) >= 11 is 6.01. The second kappa shape index (κ2) is 5.07. The van der Waals surface area contributed by atoms with Gasteiger partial charge in [-0.25, -0.2) is 0 Å². The van der Waals surface area contributed by atoms with Crippen LogP contribution in [-0.4, -0.2) is 6.04 Å². The van der Waals surface area contributed by atoms with Crippen LogP contribution in [0.1, 0.15) is 31.7 Å². The predicted octanol–water partition coefficient (Wildman–Crippen LogP) is 3.40. The zero-order chi connectivity index (χ0) is 11.5. The fourth-order valence-corrected chi connectivity index (χ4v) is 2.59. The minimum atomic E-state index is 0.557. The van der Waals surface area contributed by atoms with Crippen molar-refractivity contribution in [3.8, 4) is 0 Å². The molecule has 3 heteroatoms. The summed E-state index contributed by atoms with van der Waals surface area (Å²) in [6, 6.07) is 6.46. The van der Waals surface area contributed by atoms with Crippen molar-refractivity contribution in [2.24, 2.45) is 11.7 Å². The fourth-order valence-electron chi connectivity index (χ4n) is 2.42. The van der Waals surface area contributed by atoms with Crippen LogP contribution in [0, 0.1) is 5.92 Å². The first-order valence-corrected chi connectivity index (χ1v) is 6.32. The van der Waals surface area contributed by atoms with Gasteiger partial charge in [0.1, 0.15) is 0 Å². The van der Waals surface area contributed by atoms with Crippen LogP contribution < -0.4 is 11.1 Å². The average Bonchev–Trinajstić information content (AvgIpc) is 2.64. The van der Waals surface area contributed by atoms with Gasteiger partial charge in [0.25, 0.3) is 0 Å². The Morgan fingerprint density at radius 3 is 2.88 bits per heavy atom. The molecule has 0 saturated heterocycles. The molecule has 0 radical (unpaired) electrons. The number of rotatable bonds is 3. The van der Waals surface area contributed by atoms with E-state index in [0.29, 0.717) is 12.6 Å². The summed E-state index contributed by atoms with van der Waals surface area (Å²) in [5.74, 6) is 0.831. The second-order valence-electron chi connectivity index (χ2n) is 4.77. The number of halogens is 1. The van der Waals surface area contributed by atoms with E-state index in [2.05, 4.69) is 12.2 Å². The summed E-state index contributed by atoms with van der Waals surface area (Å²) in [5.41, 5.74) is 7.97. The number of hydrogen-bond acceptors (Lipinski definition) is 2. The third-order valence-electron chi connectivity index (χ3n) is 3.35. The summed E-state index contributed by atoms with van der Waals surface area (Å²) in [5, 5.41) is 4.34. The lowest BCUT2D eigenvalue weighted by molar-refractivity contribution is 0.602. The fraction of sp³-hybridized carbons (Fsp3) is 0.538. The summed E-state index contributed by atoms with van der Waals surface area (Å²) in [6.45, 7) is 2.87. The minimum Gasteiger partial charge on any atom is -0.382 e. The highest BCUT2D eigenvalue weighted by molar-refractivity contribution is 6.30. The van der Waals surface area contributed by atoms with Crippen LogP contribution in [0.25, 0.3) is 0 Å². The van der Waals surface area contributed by atoms with Gasteiger partial charge < -0.3 is 11.1 Å². The Balaban J connectivity index is 2.10. The Kier molecular flexibility index (Phi) is 3.72. The van der Waals surface area contributed by atoms with Crippen LogP contribution in [0.2, 0.25) is 5.02 Å². The van der Waals surface area contributed by atoms with E-state index in [0.717, 1.165) is 22.2 Å². The Labute approximate surface area is 102 Å². The molecule has 0 aromatic heterocycles. The van der Waals surface area contributed by atoms with Crippen LogP contribution in [0.15, 0.2) is 18.2 Å². The van der Waals surface area contributed by atoms with Crippen molar-refractivity contribution in [2.45, 2.75) is 38.8 Å². The normalized spacial score (nSPS) is 24.7. The van der Waals surface area contributed by atoms with Gasteiger partial charge >= 0.3 is 0 Å². The molecule has 1 saturated carbocycles. The van der Waals surface area contributed by atoms with E-state index >= 15 is 0 Å². The quantitative estimate of drug-likeness (QED) is 0.847. The third-order valence-corrected chi connectivity index (χ3v) is 3.58. The van der Waals surface area contributed by atoms with Crippen LogP contribution in [0.4, 0.5) is 5.69 Å². The van der Waals surface area contributed by atoms with E-state index in [1.165, 1.54) is 19.3 Å². The highest BCUT2D eigenvalue weighted by atomic mass is 35.5. The molecular weight excluding hydrogens is 220 g/mol. The predicted molar refractivity (Wildman–Crippen MR) is 69.8 cm³/mol. The Morgan fingerprint density at radius 1 is 1.44 bits per heavy atom. The van der Waals surface area contributed by atoms with Crippen molar-refractivity contribution in [1.29, 1.82) is 0 Å². The van der Waals surface area contributed by atoms with Gasteiger partial charge in [-0.3, -0.25) is 0 Å². The van der Waals surface area contributed by atoms with Crippen LogP contribution in [0.3, 0.4) is 0 Å². The molecule has 1 aromatic rings. The molecule has 1 fully saturated rings. The van der Waals surface area contributed by atoms with Crippen molar-refractivity contribution >= 4 is 17.3 Å². The molecule has 16 heavy (non-hydrogen) atoms. The van der Waals surface area contributed by atoms with Crippen molar-refractivity contribution in [2.75, 3.05) is 5.32 Å². The molecule has 0 aliphatic heterocycles. The average molecular weight is 239 g/mol. The van der Waals surface area contributed by atoms with Gasteiger partial charge in [-0.1, -0.05) is 24.6 Å². The number of nitrogens with two attached hydrogens (primary N) is 1. The molecule has 0 heterocycles. The highest BCUT2D eigenvalue weighted by Gasteiger charge is 2.21. The number of hydrogen-bond donors (Lipinski definition) is 2. The molecule has 2 nitrogen and oxygen atoms in total. The highest BCUT2D eigenvalue weighted by Crippen LogP contribution is 2.29. The van der Waals surface area contributed by atoms with Gasteiger partial charge in [-0.15, -0.1) is 0 Å². The molecule has 0 amide bonds. The van der Waals surface area contributed by atoms with Crippen LogP contribution in [-0.2, 0) is 6.54 Å². The largest absolute Gasteiger partial charge is 0.382 e.